The molecule has 1 fully saturated rings. The van der Waals surface area contributed by atoms with Gasteiger partial charge in [-0.1, -0.05) is 0 Å². The highest BCUT2D eigenvalue weighted by Gasteiger charge is 2.11. The Morgan fingerprint density at radius 2 is 2.06 bits per heavy atom. The summed E-state index contributed by atoms with van der Waals surface area (Å²) in [5, 5.41) is 8.66. The zero-order valence-corrected chi connectivity index (χ0v) is 9.93. The Morgan fingerprint density at radius 3 is 2.76 bits per heavy atom. The standard InChI is InChI=1S/C13H18N2O2/c16-13(17)5-4-11-8-12(10-14-9-11)15-6-2-1-3-7-15/h8-10H,1-7H2,(H,16,17). The molecule has 0 unspecified atom stereocenters. The molecule has 0 amide bonds. The van der Waals surface area contributed by atoms with Crippen LogP contribution in [0.4, 0.5) is 5.69 Å². The van der Waals surface area contributed by atoms with Crippen molar-refractivity contribution >= 4 is 11.7 Å². The summed E-state index contributed by atoms with van der Waals surface area (Å²) in [4.78, 5) is 17.1. The summed E-state index contributed by atoms with van der Waals surface area (Å²) in [6.07, 6.45) is 8.14. The van der Waals surface area contributed by atoms with Gasteiger partial charge in [0.2, 0.25) is 0 Å². The minimum absolute atomic E-state index is 0.172. The van der Waals surface area contributed by atoms with E-state index < -0.39 is 5.97 Å². The number of carboxylic acid groups (broad SMARTS) is 1. The molecule has 1 aliphatic heterocycles. The van der Waals surface area contributed by atoms with Gasteiger partial charge in [-0.15, -0.1) is 0 Å². The number of aliphatic carboxylic acids is 1. The van der Waals surface area contributed by atoms with Crippen molar-refractivity contribution in [1.29, 1.82) is 0 Å². The second-order valence-electron chi connectivity index (χ2n) is 4.49. The molecule has 17 heavy (non-hydrogen) atoms. The number of aromatic nitrogens is 1. The summed E-state index contributed by atoms with van der Waals surface area (Å²) in [7, 11) is 0. The molecular formula is C13H18N2O2. The summed E-state index contributed by atoms with van der Waals surface area (Å²) < 4.78 is 0. The number of piperidine rings is 1. The molecule has 1 aromatic rings. The van der Waals surface area contributed by atoms with Gasteiger partial charge < -0.3 is 10.0 Å². The topological polar surface area (TPSA) is 53.4 Å². The second kappa shape index (κ2) is 5.66. The number of carboxylic acids is 1. The number of rotatable bonds is 4. The minimum Gasteiger partial charge on any atom is -0.481 e. The highest BCUT2D eigenvalue weighted by Crippen LogP contribution is 2.20. The predicted molar refractivity (Wildman–Crippen MR) is 66.3 cm³/mol. The first-order valence-electron chi connectivity index (χ1n) is 6.16. The van der Waals surface area contributed by atoms with Crippen molar-refractivity contribution in [3.8, 4) is 0 Å². The molecule has 0 spiro atoms. The number of hydrogen-bond acceptors (Lipinski definition) is 3. The zero-order chi connectivity index (χ0) is 12.1. The fourth-order valence-corrected chi connectivity index (χ4v) is 2.19. The average Bonchev–Trinajstić information content (AvgIpc) is 2.38. The Balaban J connectivity index is 2.02. The maximum atomic E-state index is 10.5. The number of hydrogen-bond donors (Lipinski definition) is 1. The minimum atomic E-state index is -0.756. The summed E-state index contributed by atoms with van der Waals surface area (Å²) in [5.41, 5.74) is 2.14. The van der Waals surface area contributed by atoms with Crippen LogP contribution in [-0.2, 0) is 11.2 Å². The van der Waals surface area contributed by atoms with E-state index in [1.54, 1.807) is 6.20 Å². The molecule has 4 heteroatoms. The Bertz CT molecular complexity index is 387. The van der Waals surface area contributed by atoms with Gasteiger partial charge in [-0.05, 0) is 37.3 Å². The maximum absolute atomic E-state index is 10.5. The van der Waals surface area contributed by atoms with Crippen LogP contribution in [0.3, 0.4) is 0 Å². The molecule has 92 valence electrons. The molecular weight excluding hydrogens is 216 g/mol. The summed E-state index contributed by atoms with van der Waals surface area (Å²) >= 11 is 0. The second-order valence-corrected chi connectivity index (χ2v) is 4.49. The molecule has 1 aliphatic rings. The lowest BCUT2D eigenvalue weighted by Crippen LogP contribution is -2.29. The van der Waals surface area contributed by atoms with Gasteiger partial charge in [-0.25, -0.2) is 0 Å². The van der Waals surface area contributed by atoms with Crippen LogP contribution in [0.2, 0.25) is 0 Å². The van der Waals surface area contributed by atoms with E-state index >= 15 is 0 Å². The van der Waals surface area contributed by atoms with Gasteiger partial charge in [-0.2, -0.15) is 0 Å². The molecule has 1 N–H and O–H groups in total. The molecule has 0 radical (unpaired) electrons. The lowest BCUT2D eigenvalue weighted by Gasteiger charge is -2.28. The molecule has 1 aromatic heterocycles. The van der Waals surface area contributed by atoms with Crippen LogP contribution >= 0.6 is 0 Å². The van der Waals surface area contributed by atoms with Crippen LogP contribution in [0.5, 0.6) is 0 Å². The van der Waals surface area contributed by atoms with E-state index in [-0.39, 0.29) is 6.42 Å². The van der Waals surface area contributed by atoms with Gasteiger partial charge >= 0.3 is 5.97 Å². The molecule has 0 saturated carbocycles. The van der Waals surface area contributed by atoms with Crippen molar-refractivity contribution in [2.45, 2.75) is 32.1 Å². The van der Waals surface area contributed by atoms with Gasteiger partial charge in [0.1, 0.15) is 0 Å². The van der Waals surface area contributed by atoms with Gasteiger partial charge in [0.15, 0.2) is 0 Å². The number of carbonyl (C=O) groups is 1. The largest absolute Gasteiger partial charge is 0.481 e. The van der Waals surface area contributed by atoms with E-state index in [9.17, 15) is 4.79 Å². The first-order chi connectivity index (χ1) is 8.25. The van der Waals surface area contributed by atoms with Crippen molar-refractivity contribution in [2.24, 2.45) is 0 Å². The van der Waals surface area contributed by atoms with Gasteiger partial charge in [-0.3, -0.25) is 9.78 Å². The molecule has 0 atom stereocenters. The highest BCUT2D eigenvalue weighted by molar-refractivity contribution is 5.67. The SMILES string of the molecule is O=C(O)CCc1cncc(N2CCCCC2)c1. The van der Waals surface area contributed by atoms with E-state index in [4.69, 9.17) is 5.11 Å². The van der Waals surface area contributed by atoms with Crippen molar-refractivity contribution in [2.75, 3.05) is 18.0 Å². The van der Waals surface area contributed by atoms with Crippen LogP contribution in [0.15, 0.2) is 18.5 Å². The smallest absolute Gasteiger partial charge is 0.303 e. The predicted octanol–water partition coefficient (Wildman–Crippen LogP) is 2.09. The fraction of sp³-hybridized carbons (Fsp3) is 0.538. The third kappa shape index (κ3) is 3.44. The molecule has 1 saturated heterocycles. The van der Waals surface area contributed by atoms with Crippen molar-refractivity contribution in [3.05, 3.63) is 24.0 Å². The Morgan fingerprint density at radius 1 is 1.29 bits per heavy atom. The van der Waals surface area contributed by atoms with Crippen LogP contribution in [0.25, 0.3) is 0 Å². The number of aryl methyl sites for hydroxylation is 1. The fourth-order valence-electron chi connectivity index (χ4n) is 2.19. The van der Waals surface area contributed by atoms with Gasteiger partial charge in [0.05, 0.1) is 11.9 Å². The van der Waals surface area contributed by atoms with Crippen LogP contribution in [0.1, 0.15) is 31.2 Å². The first kappa shape index (κ1) is 11.9. The van der Waals surface area contributed by atoms with Crippen molar-refractivity contribution in [3.63, 3.8) is 0 Å². The van der Waals surface area contributed by atoms with Crippen molar-refractivity contribution in [1.82, 2.24) is 4.98 Å². The first-order valence-corrected chi connectivity index (χ1v) is 6.16. The summed E-state index contributed by atoms with van der Waals surface area (Å²) in [6, 6.07) is 2.07. The number of nitrogens with zero attached hydrogens (tertiary/aromatic N) is 2. The summed E-state index contributed by atoms with van der Waals surface area (Å²) in [5.74, 6) is -0.756. The third-order valence-corrected chi connectivity index (χ3v) is 3.13. The Kier molecular flexibility index (Phi) is 3.96. The molecule has 2 rings (SSSR count). The van der Waals surface area contributed by atoms with E-state index in [1.807, 2.05) is 6.20 Å². The Hall–Kier alpha value is -1.58. The normalized spacial score (nSPS) is 15.9. The van der Waals surface area contributed by atoms with E-state index in [0.717, 1.165) is 24.3 Å². The lowest BCUT2D eigenvalue weighted by atomic mass is 10.1. The van der Waals surface area contributed by atoms with Gasteiger partial charge in [0.25, 0.3) is 0 Å². The average molecular weight is 234 g/mol. The van der Waals surface area contributed by atoms with Gasteiger partial charge in [0, 0.05) is 25.7 Å². The summed E-state index contributed by atoms with van der Waals surface area (Å²) in [6.45, 7) is 2.17. The van der Waals surface area contributed by atoms with Crippen LogP contribution in [-0.4, -0.2) is 29.1 Å². The zero-order valence-electron chi connectivity index (χ0n) is 9.93. The molecule has 2 heterocycles. The van der Waals surface area contributed by atoms with E-state index in [1.165, 1.54) is 19.3 Å². The highest BCUT2D eigenvalue weighted by atomic mass is 16.4. The van der Waals surface area contributed by atoms with Crippen LogP contribution < -0.4 is 4.90 Å². The Labute approximate surface area is 101 Å². The number of pyridine rings is 1. The molecule has 4 nitrogen and oxygen atoms in total. The third-order valence-electron chi connectivity index (χ3n) is 3.13. The van der Waals surface area contributed by atoms with Crippen molar-refractivity contribution < 1.29 is 9.90 Å². The quantitative estimate of drug-likeness (QED) is 0.866. The lowest BCUT2D eigenvalue weighted by molar-refractivity contribution is -0.136. The van der Waals surface area contributed by atoms with Crippen LogP contribution in [0, 0.1) is 0 Å². The maximum Gasteiger partial charge on any atom is 0.303 e. The number of anilines is 1. The molecule has 0 aliphatic carbocycles. The van der Waals surface area contributed by atoms with E-state index in [2.05, 4.69) is 16.0 Å². The van der Waals surface area contributed by atoms with E-state index in [0.29, 0.717) is 6.42 Å². The molecule has 0 bridgehead atoms. The molecule has 0 aromatic carbocycles. The monoisotopic (exact) mass is 234 g/mol.